The van der Waals surface area contributed by atoms with Gasteiger partial charge in [-0.2, -0.15) is 5.26 Å². The molecule has 7 heteroatoms. The zero-order valence-electron chi connectivity index (χ0n) is 11.4. The van der Waals surface area contributed by atoms with Crippen LogP contribution in [0.1, 0.15) is 12.5 Å². The van der Waals surface area contributed by atoms with Crippen molar-refractivity contribution in [2.45, 2.75) is 12.1 Å². The van der Waals surface area contributed by atoms with Crippen molar-refractivity contribution in [2.24, 2.45) is 0 Å². The lowest BCUT2D eigenvalue weighted by Crippen LogP contribution is -2.25. The predicted octanol–water partition coefficient (Wildman–Crippen LogP) is 3.41. The summed E-state index contributed by atoms with van der Waals surface area (Å²) < 4.78 is 0. The van der Waals surface area contributed by atoms with Crippen molar-refractivity contribution in [1.29, 1.82) is 5.26 Å². The highest BCUT2D eigenvalue weighted by atomic mass is 35.5. The van der Waals surface area contributed by atoms with Gasteiger partial charge < -0.3 is 0 Å². The summed E-state index contributed by atoms with van der Waals surface area (Å²) in [6.07, 6.45) is 3.24. The predicted molar refractivity (Wildman–Crippen MR) is 82.8 cm³/mol. The number of rotatable bonds is 3. The largest absolute Gasteiger partial charge is 0.274 e. The minimum Gasteiger partial charge on any atom is -0.274 e. The van der Waals surface area contributed by atoms with Gasteiger partial charge >= 0.3 is 0 Å². The molecule has 0 spiro atoms. The third-order valence-electron chi connectivity index (χ3n) is 2.66. The van der Waals surface area contributed by atoms with Gasteiger partial charge in [0, 0.05) is 11.9 Å². The van der Waals surface area contributed by atoms with Crippen molar-refractivity contribution in [3.63, 3.8) is 0 Å². The zero-order valence-corrected chi connectivity index (χ0v) is 12.9. The maximum atomic E-state index is 12.0. The fourth-order valence-corrected chi connectivity index (χ4v) is 2.21. The first kappa shape index (κ1) is 15.3. The van der Waals surface area contributed by atoms with E-state index in [9.17, 15) is 10.1 Å². The lowest BCUT2D eigenvalue weighted by Gasteiger charge is -2.21. The first-order valence-electron chi connectivity index (χ1n) is 5.94. The third kappa shape index (κ3) is 3.32. The van der Waals surface area contributed by atoms with Crippen LogP contribution in [0.15, 0.2) is 35.6 Å². The molecular weight excluding hydrogens is 308 g/mol. The molecule has 0 saturated heterocycles. The van der Waals surface area contributed by atoms with Crippen molar-refractivity contribution in [3.8, 4) is 6.07 Å². The summed E-state index contributed by atoms with van der Waals surface area (Å²) in [5.74, 6) is 0.0197. The second kappa shape index (κ2) is 6.57. The van der Waals surface area contributed by atoms with Gasteiger partial charge in [0.05, 0.1) is 11.9 Å². The zero-order chi connectivity index (χ0) is 15.4. The number of benzene rings is 1. The number of carbonyl (C=O) groups excluding carboxylic acids is 1. The Balaban J connectivity index is 2.60. The molecule has 1 amide bonds. The van der Waals surface area contributed by atoms with Crippen LogP contribution in [0, 0.1) is 11.3 Å². The molecule has 2 aromatic rings. The van der Waals surface area contributed by atoms with Crippen molar-refractivity contribution in [2.75, 3.05) is 11.2 Å². The minimum absolute atomic E-state index is 0.234. The smallest absolute Gasteiger partial charge is 0.229 e. The van der Waals surface area contributed by atoms with E-state index < -0.39 is 0 Å². The van der Waals surface area contributed by atoms with E-state index in [2.05, 4.69) is 9.97 Å². The van der Waals surface area contributed by atoms with E-state index in [1.807, 2.05) is 12.3 Å². The number of aromatic nitrogens is 2. The van der Waals surface area contributed by atoms with Gasteiger partial charge in [-0.15, -0.1) is 0 Å². The number of hydrogen-bond acceptors (Lipinski definition) is 5. The number of nitriles is 1. The average molecular weight is 319 g/mol. The van der Waals surface area contributed by atoms with E-state index in [0.717, 1.165) is 0 Å². The summed E-state index contributed by atoms with van der Waals surface area (Å²) in [6, 6.07) is 8.76. The molecule has 0 saturated carbocycles. The van der Waals surface area contributed by atoms with Crippen LogP contribution in [0.4, 0.5) is 11.5 Å². The van der Waals surface area contributed by atoms with E-state index in [4.69, 9.17) is 11.6 Å². The number of halogens is 1. The second-order valence-corrected chi connectivity index (χ2v) is 5.25. The summed E-state index contributed by atoms with van der Waals surface area (Å²) in [6.45, 7) is 1.41. The molecule has 21 heavy (non-hydrogen) atoms. The highest BCUT2D eigenvalue weighted by Gasteiger charge is 2.20. The topological polar surface area (TPSA) is 69.9 Å². The lowest BCUT2D eigenvalue weighted by atomic mass is 10.2. The van der Waals surface area contributed by atoms with Gasteiger partial charge in [-0.3, -0.25) is 9.69 Å². The number of hydrogen-bond donors (Lipinski definition) is 0. The normalized spacial score (nSPS) is 10.0. The van der Waals surface area contributed by atoms with Gasteiger partial charge in [-0.1, -0.05) is 23.4 Å². The number of anilines is 2. The van der Waals surface area contributed by atoms with Gasteiger partial charge in [0.15, 0.2) is 11.0 Å². The number of nitrogens with zero attached hydrogens (tertiary/aromatic N) is 4. The summed E-state index contributed by atoms with van der Waals surface area (Å²) in [4.78, 5) is 21.7. The summed E-state index contributed by atoms with van der Waals surface area (Å²) in [5, 5.41) is 10.3. The van der Waals surface area contributed by atoms with Crippen molar-refractivity contribution < 1.29 is 4.79 Å². The highest BCUT2D eigenvalue weighted by molar-refractivity contribution is 7.98. The Morgan fingerprint density at radius 1 is 1.38 bits per heavy atom. The van der Waals surface area contributed by atoms with Crippen molar-refractivity contribution in [3.05, 3.63) is 41.0 Å². The van der Waals surface area contributed by atoms with Crippen LogP contribution in [0.2, 0.25) is 5.02 Å². The first-order chi connectivity index (χ1) is 10.1. The molecule has 1 heterocycles. The maximum Gasteiger partial charge on any atom is 0.229 e. The van der Waals surface area contributed by atoms with Gasteiger partial charge in [0.25, 0.3) is 0 Å². The molecule has 0 aliphatic rings. The van der Waals surface area contributed by atoms with Crippen LogP contribution in [0.5, 0.6) is 0 Å². The first-order valence-corrected chi connectivity index (χ1v) is 7.54. The maximum absolute atomic E-state index is 12.0. The lowest BCUT2D eigenvalue weighted by molar-refractivity contribution is -0.115. The monoisotopic (exact) mass is 318 g/mol. The molecule has 0 bridgehead atoms. The standard InChI is InChI=1S/C14H11ClN4OS/c1-9(20)19(12-5-3-11(15)4-6-12)13-10(7-16)8-17-14(18-13)21-2/h3-6,8H,1-2H3. The fourth-order valence-electron chi connectivity index (χ4n) is 1.75. The molecule has 0 atom stereocenters. The Kier molecular flexibility index (Phi) is 4.78. The Labute approximate surface area is 131 Å². The van der Waals surface area contributed by atoms with E-state index in [-0.39, 0.29) is 17.3 Å². The highest BCUT2D eigenvalue weighted by Crippen LogP contribution is 2.28. The van der Waals surface area contributed by atoms with Crippen LogP contribution in [0.25, 0.3) is 0 Å². The van der Waals surface area contributed by atoms with Crippen molar-refractivity contribution >= 4 is 40.8 Å². The van der Waals surface area contributed by atoms with Gasteiger partial charge in [-0.25, -0.2) is 9.97 Å². The molecule has 0 fully saturated rings. The van der Waals surface area contributed by atoms with Crippen LogP contribution >= 0.6 is 23.4 Å². The van der Waals surface area contributed by atoms with Crippen molar-refractivity contribution in [1.82, 2.24) is 9.97 Å². The number of carbonyl (C=O) groups is 1. The summed E-state index contributed by atoms with van der Waals surface area (Å²) in [7, 11) is 0. The Morgan fingerprint density at radius 2 is 2.05 bits per heavy atom. The Morgan fingerprint density at radius 3 is 2.57 bits per heavy atom. The van der Waals surface area contributed by atoms with E-state index >= 15 is 0 Å². The molecule has 2 rings (SSSR count). The molecule has 0 aliphatic carbocycles. The van der Waals surface area contributed by atoms with E-state index in [1.54, 1.807) is 24.3 Å². The molecule has 5 nitrogen and oxygen atoms in total. The molecule has 0 N–H and O–H groups in total. The fraction of sp³-hybridized carbons (Fsp3) is 0.143. The van der Waals surface area contributed by atoms with Gasteiger partial charge in [0.1, 0.15) is 11.6 Å². The molecule has 0 unspecified atom stereocenters. The molecule has 1 aromatic heterocycles. The molecular formula is C14H11ClN4OS. The Bertz CT molecular complexity index is 712. The quantitative estimate of drug-likeness (QED) is 0.640. The average Bonchev–Trinajstić information content (AvgIpc) is 2.49. The van der Waals surface area contributed by atoms with Crippen LogP contribution < -0.4 is 4.90 Å². The third-order valence-corrected chi connectivity index (χ3v) is 3.47. The van der Waals surface area contributed by atoms with E-state index in [0.29, 0.717) is 15.9 Å². The molecule has 106 valence electrons. The minimum atomic E-state index is -0.250. The van der Waals surface area contributed by atoms with Crippen LogP contribution in [0.3, 0.4) is 0 Å². The summed E-state index contributed by atoms with van der Waals surface area (Å²) >= 11 is 7.20. The SMILES string of the molecule is CSc1ncc(C#N)c(N(C(C)=O)c2ccc(Cl)cc2)n1. The Hall–Kier alpha value is -2.10. The van der Waals surface area contributed by atoms with Crippen LogP contribution in [-0.4, -0.2) is 22.1 Å². The molecule has 1 aromatic carbocycles. The van der Waals surface area contributed by atoms with Gasteiger partial charge in [0.2, 0.25) is 5.91 Å². The number of thioether (sulfide) groups is 1. The number of amides is 1. The summed E-state index contributed by atoms with van der Waals surface area (Å²) in [5.41, 5.74) is 0.826. The van der Waals surface area contributed by atoms with Crippen LogP contribution in [-0.2, 0) is 4.79 Å². The molecule has 0 aliphatic heterocycles. The second-order valence-electron chi connectivity index (χ2n) is 4.04. The van der Waals surface area contributed by atoms with E-state index in [1.165, 1.54) is 29.8 Å². The van der Waals surface area contributed by atoms with Gasteiger partial charge in [-0.05, 0) is 30.5 Å². The molecule has 0 radical (unpaired) electrons.